The maximum absolute atomic E-state index is 5.88. The predicted octanol–water partition coefficient (Wildman–Crippen LogP) is 5.00. The Morgan fingerprint density at radius 1 is 1.00 bits per heavy atom. The fraction of sp³-hybridized carbons (Fsp3) is 0.150. The van der Waals surface area contributed by atoms with Gasteiger partial charge in [0.1, 0.15) is 22.8 Å². The zero-order valence-electron chi connectivity index (χ0n) is 14.9. The van der Waals surface area contributed by atoms with Gasteiger partial charge in [0.2, 0.25) is 5.89 Å². The van der Waals surface area contributed by atoms with E-state index in [0.29, 0.717) is 29.0 Å². The van der Waals surface area contributed by atoms with Crippen molar-refractivity contribution in [2.45, 2.75) is 17.6 Å². The molecule has 0 bridgehead atoms. The van der Waals surface area contributed by atoms with Gasteiger partial charge in [-0.2, -0.15) is 0 Å². The van der Waals surface area contributed by atoms with Crippen LogP contribution in [0.4, 0.5) is 0 Å². The number of para-hydroxylation sites is 1. The molecule has 0 saturated heterocycles. The first-order chi connectivity index (χ1) is 13.3. The summed E-state index contributed by atoms with van der Waals surface area (Å²) in [6, 6.07) is 17.6. The molecular formula is C20H17N3O3S. The lowest BCUT2D eigenvalue weighted by molar-refractivity contribution is 0.399. The lowest BCUT2D eigenvalue weighted by atomic mass is 10.1. The number of hydrogen-bond acceptors (Lipinski definition) is 7. The maximum atomic E-state index is 5.88. The Balaban J connectivity index is 1.58. The van der Waals surface area contributed by atoms with Gasteiger partial charge in [0.25, 0.3) is 5.89 Å². The molecule has 0 radical (unpaired) electrons. The van der Waals surface area contributed by atoms with Crippen molar-refractivity contribution in [3.63, 3.8) is 0 Å². The van der Waals surface area contributed by atoms with Crippen molar-refractivity contribution in [3.8, 4) is 28.5 Å². The van der Waals surface area contributed by atoms with Crippen LogP contribution < -0.4 is 4.74 Å². The number of thioether (sulfide) groups is 1. The Morgan fingerprint density at radius 3 is 2.59 bits per heavy atom. The lowest BCUT2D eigenvalue weighted by Crippen LogP contribution is -1.86. The summed E-state index contributed by atoms with van der Waals surface area (Å²) in [5, 5.41) is 12.5. The molecule has 7 heteroatoms. The highest BCUT2D eigenvalue weighted by molar-refractivity contribution is 7.98. The molecule has 0 amide bonds. The topological polar surface area (TPSA) is 74.2 Å². The van der Waals surface area contributed by atoms with E-state index >= 15 is 0 Å². The summed E-state index contributed by atoms with van der Waals surface area (Å²) >= 11 is 1.58. The molecule has 136 valence electrons. The van der Waals surface area contributed by atoms with E-state index in [1.165, 1.54) is 0 Å². The fourth-order valence-electron chi connectivity index (χ4n) is 2.71. The first kappa shape index (κ1) is 17.4. The van der Waals surface area contributed by atoms with Gasteiger partial charge in [-0.05, 0) is 19.1 Å². The third kappa shape index (κ3) is 3.59. The maximum Gasteiger partial charge on any atom is 0.253 e. The number of aryl methyl sites for hydroxylation is 1. The number of ether oxygens (including phenoxy) is 1. The van der Waals surface area contributed by atoms with Crippen LogP contribution in [0.2, 0.25) is 0 Å². The summed E-state index contributed by atoms with van der Waals surface area (Å²) in [6.07, 6.45) is 0. The summed E-state index contributed by atoms with van der Waals surface area (Å²) in [5.74, 6) is 2.94. The van der Waals surface area contributed by atoms with Gasteiger partial charge in [0.15, 0.2) is 0 Å². The van der Waals surface area contributed by atoms with Gasteiger partial charge in [0.05, 0.1) is 12.9 Å². The van der Waals surface area contributed by atoms with Gasteiger partial charge < -0.3 is 13.7 Å². The second-order valence-electron chi connectivity index (χ2n) is 5.77. The summed E-state index contributed by atoms with van der Waals surface area (Å²) in [5.41, 5.74) is 2.36. The van der Waals surface area contributed by atoms with E-state index in [9.17, 15) is 0 Å². The quantitative estimate of drug-likeness (QED) is 0.436. The summed E-state index contributed by atoms with van der Waals surface area (Å²) in [4.78, 5) is 1.02. The number of benzene rings is 2. The number of hydrogen-bond donors (Lipinski definition) is 0. The third-order valence-corrected chi connectivity index (χ3v) is 5.05. The van der Waals surface area contributed by atoms with Gasteiger partial charge >= 0.3 is 0 Å². The molecule has 4 aromatic rings. The van der Waals surface area contributed by atoms with Crippen molar-refractivity contribution in [2.24, 2.45) is 0 Å². The number of aromatic nitrogens is 3. The molecule has 0 N–H and O–H groups in total. The summed E-state index contributed by atoms with van der Waals surface area (Å²) in [7, 11) is 1.66. The Hall–Kier alpha value is -3.06. The molecule has 27 heavy (non-hydrogen) atoms. The van der Waals surface area contributed by atoms with Gasteiger partial charge in [-0.25, -0.2) is 0 Å². The molecule has 0 spiro atoms. The molecule has 0 aliphatic rings. The van der Waals surface area contributed by atoms with Crippen LogP contribution in [-0.4, -0.2) is 22.5 Å². The van der Waals surface area contributed by atoms with Crippen LogP contribution in [0.1, 0.15) is 11.7 Å². The highest BCUT2D eigenvalue weighted by atomic mass is 32.2. The van der Waals surface area contributed by atoms with E-state index in [-0.39, 0.29) is 0 Å². The Bertz CT molecular complexity index is 1040. The minimum absolute atomic E-state index is 0.406. The molecule has 6 nitrogen and oxygen atoms in total. The zero-order valence-corrected chi connectivity index (χ0v) is 15.7. The smallest absolute Gasteiger partial charge is 0.253 e. The molecule has 0 aliphatic heterocycles. The van der Waals surface area contributed by atoms with Crippen LogP contribution in [-0.2, 0) is 5.75 Å². The van der Waals surface area contributed by atoms with Crippen molar-refractivity contribution >= 4 is 11.8 Å². The third-order valence-electron chi connectivity index (χ3n) is 4.01. The van der Waals surface area contributed by atoms with Crippen LogP contribution >= 0.6 is 11.8 Å². The minimum Gasteiger partial charge on any atom is -0.496 e. The van der Waals surface area contributed by atoms with Crippen molar-refractivity contribution in [2.75, 3.05) is 7.11 Å². The Labute approximate surface area is 160 Å². The van der Waals surface area contributed by atoms with E-state index < -0.39 is 0 Å². The predicted molar refractivity (Wildman–Crippen MR) is 103 cm³/mol. The van der Waals surface area contributed by atoms with E-state index in [1.54, 1.807) is 18.9 Å². The van der Waals surface area contributed by atoms with E-state index in [0.717, 1.165) is 21.8 Å². The number of nitrogens with zero attached hydrogens (tertiary/aromatic N) is 3. The van der Waals surface area contributed by atoms with Crippen molar-refractivity contribution in [3.05, 3.63) is 66.2 Å². The second kappa shape index (κ2) is 7.67. The first-order valence-electron chi connectivity index (χ1n) is 8.36. The first-order valence-corrected chi connectivity index (χ1v) is 9.35. The van der Waals surface area contributed by atoms with Gasteiger partial charge in [0, 0.05) is 10.5 Å². The molecule has 0 saturated carbocycles. The second-order valence-corrected chi connectivity index (χ2v) is 6.79. The zero-order chi connectivity index (χ0) is 18.6. The molecule has 2 heterocycles. The van der Waals surface area contributed by atoms with Gasteiger partial charge in [-0.15, -0.1) is 22.0 Å². The van der Waals surface area contributed by atoms with Crippen LogP contribution in [0.25, 0.3) is 22.7 Å². The van der Waals surface area contributed by atoms with Crippen molar-refractivity contribution in [1.82, 2.24) is 15.4 Å². The van der Waals surface area contributed by atoms with E-state index in [1.807, 2.05) is 61.5 Å². The van der Waals surface area contributed by atoms with E-state index in [4.69, 9.17) is 13.7 Å². The van der Waals surface area contributed by atoms with Crippen LogP contribution in [0.15, 0.2) is 68.4 Å². The normalized spacial score (nSPS) is 10.9. The molecule has 0 unspecified atom stereocenters. The summed E-state index contributed by atoms with van der Waals surface area (Å²) < 4.78 is 16.6. The van der Waals surface area contributed by atoms with Crippen LogP contribution in [0.5, 0.6) is 5.75 Å². The molecule has 4 rings (SSSR count). The number of methoxy groups -OCH3 is 1. The van der Waals surface area contributed by atoms with Crippen molar-refractivity contribution < 1.29 is 13.7 Å². The molecular weight excluding hydrogens is 362 g/mol. The highest BCUT2D eigenvalue weighted by Crippen LogP contribution is 2.35. The Morgan fingerprint density at radius 2 is 1.78 bits per heavy atom. The largest absolute Gasteiger partial charge is 0.496 e. The Kier molecular flexibility index (Phi) is 4.93. The molecule has 0 atom stereocenters. The molecule has 0 fully saturated rings. The average Bonchev–Trinajstić information content (AvgIpc) is 3.33. The minimum atomic E-state index is 0.406. The van der Waals surface area contributed by atoms with Crippen LogP contribution in [0, 0.1) is 6.92 Å². The van der Waals surface area contributed by atoms with Crippen molar-refractivity contribution in [1.29, 1.82) is 0 Å². The SMILES string of the molecule is COc1ccccc1SCc1nnc(-c2c(-c3ccccc3)noc2C)o1. The lowest BCUT2D eigenvalue weighted by Gasteiger charge is -2.05. The average molecular weight is 379 g/mol. The summed E-state index contributed by atoms with van der Waals surface area (Å²) in [6.45, 7) is 1.84. The van der Waals surface area contributed by atoms with Gasteiger partial charge in [-0.1, -0.05) is 47.6 Å². The van der Waals surface area contributed by atoms with Crippen LogP contribution in [0.3, 0.4) is 0 Å². The van der Waals surface area contributed by atoms with Gasteiger partial charge in [-0.3, -0.25) is 0 Å². The fourth-order valence-corrected chi connectivity index (χ4v) is 3.57. The monoisotopic (exact) mass is 379 g/mol. The molecule has 2 aromatic carbocycles. The molecule has 2 aromatic heterocycles. The number of rotatable bonds is 6. The van der Waals surface area contributed by atoms with E-state index in [2.05, 4.69) is 15.4 Å². The standard InChI is InChI=1S/C20H17N3O3S/c1-13-18(19(23-26-13)14-8-4-3-5-9-14)20-22-21-17(25-20)12-27-16-11-7-6-10-15(16)24-2/h3-11H,12H2,1-2H3. The highest BCUT2D eigenvalue weighted by Gasteiger charge is 2.22. The molecule has 0 aliphatic carbocycles.